The summed E-state index contributed by atoms with van der Waals surface area (Å²) in [6, 6.07) is 5.33. The third-order valence-electron chi connectivity index (χ3n) is 2.93. The van der Waals surface area contributed by atoms with E-state index in [1.807, 2.05) is 6.07 Å². The molecule has 0 amide bonds. The smallest absolute Gasteiger partial charge is 0.152 e. The van der Waals surface area contributed by atoms with Gasteiger partial charge in [-0.1, -0.05) is 48.1 Å². The molecule has 0 unspecified atom stereocenters. The number of H-pyrrole nitrogens is 1. The Morgan fingerprint density at radius 3 is 2.75 bits per heavy atom. The molecule has 0 aliphatic rings. The fraction of sp³-hybridized carbons (Fsp3) is 0.357. The standard InChI is InChI=1S/C14H16Cl3N3/c1-2-3-4-13-19-12(14(17)20-13)8-18-11-6-5-9(15)7-10(11)16/h5-7,18H,2-4,8H2,1H3,(H,19,20). The Morgan fingerprint density at radius 1 is 1.25 bits per heavy atom. The van der Waals surface area contributed by atoms with Gasteiger partial charge in [0.2, 0.25) is 0 Å². The molecule has 2 N–H and O–H groups in total. The van der Waals surface area contributed by atoms with Gasteiger partial charge in [0.1, 0.15) is 5.82 Å². The van der Waals surface area contributed by atoms with Gasteiger partial charge in [-0.25, -0.2) is 4.98 Å². The van der Waals surface area contributed by atoms with E-state index in [1.54, 1.807) is 12.1 Å². The molecule has 0 atom stereocenters. The van der Waals surface area contributed by atoms with Crippen LogP contribution in [0.3, 0.4) is 0 Å². The number of nitrogens with one attached hydrogen (secondary N) is 2. The number of aromatic amines is 1. The van der Waals surface area contributed by atoms with Crippen LogP contribution in [0.1, 0.15) is 31.3 Å². The summed E-state index contributed by atoms with van der Waals surface area (Å²) in [5, 5.41) is 4.92. The van der Waals surface area contributed by atoms with Gasteiger partial charge in [0, 0.05) is 11.4 Å². The quantitative estimate of drug-likeness (QED) is 0.751. The molecule has 0 fully saturated rings. The van der Waals surface area contributed by atoms with Crippen molar-refractivity contribution >= 4 is 40.5 Å². The molecule has 0 aliphatic heterocycles. The Balaban J connectivity index is 2.01. The van der Waals surface area contributed by atoms with Crippen molar-refractivity contribution in [1.82, 2.24) is 9.97 Å². The van der Waals surface area contributed by atoms with Gasteiger partial charge in [-0.05, 0) is 24.6 Å². The minimum absolute atomic E-state index is 0.508. The van der Waals surface area contributed by atoms with Gasteiger partial charge in [-0.3, -0.25) is 0 Å². The third kappa shape index (κ3) is 4.05. The zero-order chi connectivity index (χ0) is 14.5. The van der Waals surface area contributed by atoms with Crippen molar-refractivity contribution in [3.05, 3.63) is 44.9 Å². The average molecular weight is 333 g/mol. The van der Waals surface area contributed by atoms with Crippen LogP contribution in [0.15, 0.2) is 18.2 Å². The maximum Gasteiger partial charge on any atom is 0.152 e. The lowest BCUT2D eigenvalue weighted by Gasteiger charge is -2.07. The monoisotopic (exact) mass is 331 g/mol. The predicted octanol–water partition coefficient (Wildman–Crippen LogP) is 5.32. The second-order valence-electron chi connectivity index (χ2n) is 4.53. The highest BCUT2D eigenvalue weighted by Crippen LogP contribution is 2.26. The van der Waals surface area contributed by atoms with Crippen LogP contribution in [0.4, 0.5) is 5.69 Å². The number of hydrogen-bond acceptors (Lipinski definition) is 2. The fourth-order valence-electron chi connectivity index (χ4n) is 1.84. The highest BCUT2D eigenvalue weighted by atomic mass is 35.5. The van der Waals surface area contributed by atoms with E-state index in [4.69, 9.17) is 34.8 Å². The molecule has 3 nitrogen and oxygen atoms in total. The van der Waals surface area contributed by atoms with E-state index < -0.39 is 0 Å². The first-order chi connectivity index (χ1) is 9.60. The summed E-state index contributed by atoms with van der Waals surface area (Å²) in [6.45, 7) is 2.69. The van der Waals surface area contributed by atoms with Crippen molar-refractivity contribution in [1.29, 1.82) is 0 Å². The molecule has 0 saturated heterocycles. The number of unbranched alkanes of at least 4 members (excludes halogenated alkanes) is 1. The van der Waals surface area contributed by atoms with E-state index >= 15 is 0 Å². The number of hydrogen-bond donors (Lipinski definition) is 2. The van der Waals surface area contributed by atoms with Gasteiger partial charge in [0.25, 0.3) is 0 Å². The number of nitrogens with zero attached hydrogens (tertiary/aromatic N) is 1. The SMILES string of the molecule is CCCCc1nc(Cl)c(CNc2ccc(Cl)cc2Cl)[nH]1. The first-order valence-corrected chi connectivity index (χ1v) is 7.65. The van der Waals surface area contributed by atoms with Crippen LogP contribution in [-0.4, -0.2) is 9.97 Å². The van der Waals surface area contributed by atoms with E-state index in [9.17, 15) is 0 Å². The molecule has 6 heteroatoms. The molecule has 0 spiro atoms. The van der Waals surface area contributed by atoms with E-state index in [0.717, 1.165) is 36.5 Å². The number of aromatic nitrogens is 2. The molecule has 0 saturated carbocycles. The highest BCUT2D eigenvalue weighted by Gasteiger charge is 2.08. The Morgan fingerprint density at radius 2 is 2.05 bits per heavy atom. The minimum atomic E-state index is 0.508. The summed E-state index contributed by atoms with van der Waals surface area (Å²) in [7, 11) is 0. The van der Waals surface area contributed by atoms with Crippen LogP contribution >= 0.6 is 34.8 Å². The van der Waals surface area contributed by atoms with Gasteiger partial charge in [0.05, 0.1) is 22.9 Å². The topological polar surface area (TPSA) is 40.7 Å². The van der Waals surface area contributed by atoms with Crippen LogP contribution in [0, 0.1) is 0 Å². The van der Waals surface area contributed by atoms with Crippen LogP contribution in [-0.2, 0) is 13.0 Å². The summed E-state index contributed by atoms with van der Waals surface area (Å²) >= 11 is 18.1. The molecule has 1 aromatic carbocycles. The van der Waals surface area contributed by atoms with Crippen molar-refractivity contribution in [3.8, 4) is 0 Å². The molecule has 0 radical (unpaired) electrons. The number of anilines is 1. The largest absolute Gasteiger partial charge is 0.378 e. The van der Waals surface area contributed by atoms with E-state index in [-0.39, 0.29) is 0 Å². The molecule has 0 bridgehead atoms. The number of halogens is 3. The van der Waals surface area contributed by atoms with Crippen molar-refractivity contribution in [3.63, 3.8) is 0 Å². The molecular weight excluding hydrogens is 317 g/mol. The van der Waals surface area contributed by atoms with E-state index in [2.05, 4.69) is 22.2 Å². The minimum Gasteiger partial charge on any atom is -0.378 e. The maximum absolute atomic E-state index is 6.12. The van der Waals surface area contributed by atoms with Gasteiger partial charge in [-0.15, -0.1) is 0 Å². The Bertz CT molecular complexity index is 581. The lowest BCUT2D eigenvalue weighted by atomic mass is 10.2. The van der Waals surface area contributed by atoms with Crippen LogP contribution in [0.5, 0.6) is 0 Å². The molecular formula is C14H16Cl3N3. The Kier molecular flexibility index (Phi) is 5.58. The summed E-state index contributed by atoms with van der Waals surface area (Å²) < 4.78 is 0. The highest BCUT2D eigenvalue weighted by molar-refractivity contribution is 6.36. The van der Waals surface area contributed by atoms with Gasteiger partial charge >= 0.3 is 0 Å². The summed E-state index contributed by atoms with van der Waals surface area (Å²) in [5.41, 5.74) is 1.68. The van der Waals surface area contributed by atoms with Crippen molar-refractivity contribution in [2.24, 2.45) is 0 Å². The second-order valence-corrected chi connectivity index (χ2v) is 5.74. The normalized spacial score (nSPS) is 10.8. The zero-order valence-corrected chi connectivity index (χ0v) is 13.4. The fourth-order valence-corrected chi connectivity index (χ4v) is 2.53. The van der Waals surface area contributed by atoms with Gasteiger partial charge in [0.15, 0.2) is 5.15 Å². The van der Waals surface area contributed by atoms with Crippen LogP contribution in [0.2, 0.25) is 15.2 Å². The first-order valence-electron chi connectivity index (χ1n) is 6.52. The summed E-state index contributed by atoms with van der Waals surface area (Å²) in [5.74, 6) is 0.927. The average Bonchev–Trinajstić information content (AvgIpc) is 2.76. The van der Waals surface area contributed by atoms with Crippen molar-refractivity contribution < 1.29 is 0 Å². The van der Waals surface area contributed by atoms with E-state index in [0.29, 0.717) is 21.7 Å². The molecule has 2 rings (SSSR count). The Labute approximate surface area is 133 Å². The molecule has 1 aromatic heterocycles. The number of rotatable bonds is 6. The molecule has 0 aliphatic carbocycles. The van der Waals surface area contributed by atoms with E-state index in [1.165, 1.54) is 0 Å². The molecule has 108 valence electrons. The lowest BCUT2D eigenvalue weighted by Crippen LogP contribution is -2.01. The summed E-state index contributed by atoms with van der Waals surface area (Å²) in [6.07, 6.45) is 3.14. The molecule has 20 heavy (non-hydrogen) atoms. The molecule has 1 heterocycles. The van der Waals surface area contributed by atoms with Gasteiger partial charge < -0.3 is 10.3 Å². The number of benzene rings is 1. The van der Waals surface area contributed by atoms with Crippen molar-refractivity contribution in [2.45, 2.75) is 32.7 Å². The number of imidazole rings is 1. The van der Waals surface area contributed by atoms with Gasteiger partial charge in [-0.2, -0.15) is 0 Å². The predicted molar refractivity (Wildman–Crippen MR) is 86.0 cm³/mol. The van der Waals surface area contributed by atoms with Crippen LogP contribution < -0.4 is 5.32 Å². The second kappa shape index (κ2) is 7.21. The Hall–Kier alpha value is -0.900. The lowest BCUT2D eigenvalue weighted by molar-refractivity contribution is 0.760. The summed E-state index contributed by atoms with van der Waals surface area (Å²) in [4.78, 5) is 7.56. The third-order valence-corrected chi connectivity index (χ3v) is 3.79. The molecule has 2 aromatic rings. The van der Waals surface area contributed by atoms with Crippen molar-refractivity contribution in [2.75, 3.05) is 5.32 Å². The maximum atomic E-state index is 6.12. The van der Waals surface area contributed by atoms with Crippen LogP contribution in [0.25, 0.3) is 0 Å². The first kappa shape index (κ1) is 15.5. The zero-order valence-electron chi connectivity index (χ0n) is 11.1. The number of aryl methyl sites for hydroxylation is 1.